The van der Waals surface area contributed by atoms with Crippen LogP contribution in [0.15, 0.2) is 65.7 Å². The lowest BCUT2D eigenvalue weighted by Crippen LogP contribution is -2.38. The van der Waals surface area contributed by atoms with Crippen molar-refractivity contribution >= 4 is 5.91 Å². The van der Waals surface area contributed by atoms with Crippen LogP contribution in [-0.2, 0) is 6.42 Å². The Hall–Kier alpha value is -3.28. The molecule has 6 heteroatoms. The van der Waals surface area contributed by atoms with Crippen LogP contribution < -0.4 is 5.56 Å². The monoisotopic (exact) mass is 391 g/mol. The van der Waals surface area contributed by atoms with Crippen LogP contribution in [0, 0.1) is 5.82 Å². The summed E-state index contributed by atoms with van der Waals surface area (Å²) >= 11 is 0. The summed E-state index contributed by atoms with van der Waals surface area (Å²) in [5.74, 6) is -0.331. The zero-order chi connectivity index (χ0) is 20.2. The van der Waals surface area contributed by atoms with Crippen molar-refractivity contribution in [3.05, 3.63) is 99.5 Å². The molecule has 1 fully saturated rings. The van der Waals surface area contributed by atoms with E-state index in [1.165, 1.54) is 24.4 Å². The predicted molar refractivity (Wildman–Crippen MR) is 108 cm³/mol. The first-order valence-corrected chi connectivity index (χ1v) is 9.79. The second-order valence-corrected chi connectivity index (χ2v) is 7.34. The van der Waals surface area contributed by atoms with Crippen molar-refractivity contribution in [3.8, 4) is 0 Å². The smallest absolute Gasteiger partial charge is 0.255 e. The first-order chi connectivity index (χ1) is 14.1. The van der Waals surface area contributed by atoms with E-state index in [0.717, 1.165) is 36.1 Å². The molecule has 148 valence electrons. The number of halogens is 1. The van der Waals surface area contributed by atoms with Gasteiger partial charge in [0.2, 0.25) is 5.56 Å². The molecular weight excluding hydrogens is 369 g/mol. The molecule has 0 saturated carbocycles. The summed E-state index contributed by atoms with van der Waals surface area (Å²) in [5, 5.41) is 0. The van der Waals surface area contributed by atoms with Gasteiger partial charge in [-0.25, -0.2) is 4.39 Å². The standard InChI is InChI=1S/C23H22FN3O2/c24-19-8-4-16(5-9-19)13-20-10-6-17(14-25-20)21-3-1-2-12-27(21)23(29)18-7-11-22(28)26-15-18/h4-11,14-15,21H,1-3,12-13H2,(H,26,28). The average molecular weight is 391 g/mol. The molecular formula is C23H22FN3O2. The highest BCUT2D eigenvalue weighted by Crippen LogP contribution is 2.31. The second-order valence-electron chi connectivity index (χ2n) is 7.34. The van der Waals surface area contributed by atoms with Gasteiger partial charge in [0.1, 0.15) is 5.82 Å². The second kappa shape index (κ2) is 8.39. The highest BCUT2D eigenvalue weighted by Gasteiger charge is 2.29. The lowest BCUT2D eigenvalue weighted by atomic mass is 9.95. The molecule has 29 heavy (non-hydrogen) atoms. The number of nitrogens with one attached hydrogen (secondary N) is 1. The number of pyridine rings is 2. The first kappa shape index (κ1) is 19.1. The Morgan fingerprint density at radius 1 is 1.10 bits per heavy atom. The summed E-state index contributed by atoms with van der Waals surface area (Å²) in [6, 6.07) is 13.3. The lowest BCUT2D eigenvalue weighted by molar-refractivity contribution is 0.0610. The third-order valence-corrected chi connectivity index (χ3v) is 5.33. The zero-order valence-electron chi connectivity index (χ0n) is 16.0. The van der Waals surface area contributed by atoms with E-state index in [9.17, 15) is 14.0 Å². The van der Waals surface area contributed by atoms with Crippen molar-refractivity contribution in [2.45, 2.75) is 31.7 Å². The number of aromatic amines is 1. The van der Waals surface area contributed by atoms with Crippen LogP contribution in [0.2, 0.25) is 0 Å². The van der Waals surface area contributed by atoms with Crippen molar-refractivity contribution in [2.24, 2.45) is 0 Å². The van der Waals surface area contributed by atoms with E-state index < -0.39 is 0 Å². The van der Waals surface area contributed by atoms with Gasteiger partial charge in [0, 0.05) is 37.1 Å². The van der Waals surface area contributed by atoms with E-state index in [4.69, 9.17) is 0 Å². The van der Waals surface area contributed by atoms with Crippen LogP contribution in [-0.4, -0.2) is 27.3 Å². The van der Waals surface area contributed by atoms with Crippen molar-refractivity contribution < 1.29 is 9.18 Å². The van der Waals surface area contributed by atoms with Crippen LogP contribution in [0.5, 0.6) is 0 Å². The number of hydrogen-bond acceptors (Lipinski definition) is 3. The Morgan fingerprint density at radius 2 is 1.93 bits per heavy atom. The van der Waals surface area contributed by atoms with Gasteiger partial charge in [-0.1, -0.05) is 18.2 Å². The molecule has 0 radical (unpaired) electrons. The van der Waals surface area contributed by atoms with Crippen LogP contribution in [0.25, 0.3) is 0 Å². The summed E-state index contributed by atoms with van der Waals surface area (Å²) in [6.45, 7) is 0.681. The normalized spacial score (nSPS) is 16.6. The van der Waals surface area contributed by atoms with E-state index in [1.807, 2.05) is 23.2 Å². The molecule has 1 unspecified atom stereocenters. The fourth-order valence-corrected chi connectivity index (χ4v) is 3.78. The van der Waals surface area contributed by atoms with E-state index >= 15 is 0 Å². The van der Waals surface area contributed by atoms with E-state index in [0.29, 0.717) is 18.5 Å². The van der Waals surface area contributed by atoms with Crippen molar-refractivity contribution in [1.29, 1.82) is 0 Å². The minimum absolute atomic E-state index is 0.0319. The van der Waals surface area contributed by atoms with Gasteiger partial charge >= 0.3 is 0 Å². The van der Waals surface area contributed by atoms with Crippen LogP contribution in [0.1, 0.15) is 52.5 Å². The Kier molecular flexibility index (Phi) is 5.51. The fraction of sp³-hybridized carbons (Fsp3) is 0.261. The van der Waals surface area contributed by atoms with E-state index in [-0.39, 0.29) is 23.3 Å². The quantitative estimate of drug-likeness (QED) is 0.734. The van der Waals surface area contributed by atoms with Gasteiger partial charge in [0.05, 0.1) is 11.6 Å². The van der Waals surface area contributed by atoms with Gasteiger partial charge in [0.25, 0.3) is 5.91 Å². The number of benzene rings is 1. The van der Waals surface area contributed by atoms with Crippen LogP contribution in [0.3, 0.4) is 0 Å². The average Bonchev–Trinajstić information content (AvgIpc) is 2.76. The molecule has 1 atom stereocenters. The van der Waals surface area contributed by atoms with Gasteiger partial charge in [-0.15, -0.1) is 0 Å². The van der Waals surface area contributed by atoms with Crippen LogP contribution >= 0.6 is 0 Å². The number of hydrogen-bond donors (Lipinski definition) is 1. The number of amides is 1. The Morgan fingerprint density at radius 3 is 2.62 bits per heavy atom. The highest BCUT2D eigenvalue weighted by molar-refractivity contribution is 5.94. The van der Waals surface area contributed by atoms with Crippen molar-refractivity contribution in [3.63, 3.8) is 0 Å². The summed E-state index contributed by atoms with van der Waals surface area (Å²) in [7, 11) is 0. The summed E-state index contributed by atoms with van der Waals surface area (Å²) in [4.78, 5) is 33.3. The third-order valence-electron chi connectivity index (χ3n) is 5.33. The molecule has 0 spiro atoms. The molecule has 2 aromatic heterocycles. The maximum atomic E-state index is 13.1. The molecule has 4 rings (SSSR count). The molecule has 1 amide bonds. The van der Waals surface area contributed by atoms with Gasteiger partial charge in [-0.05, 0) is 54.7 Å². The van der Waals surface area contributed by atoms with E-state index in [1.54, 1.807) is 18.2 Å². The molecule has 3 aromatic rings. The van der Waals surface area contributed by atoms with Crippen LogP contribution in [0.4, 0.5) is 4.39 Å². The Balaban J connectivity index is 1.52. The van der Waals surface area contributed by atoms with Gasteiger partial charge in [0.15, 0.2) is 0 Å². The summed E-state index contributed by atoms with van der Waals surface area (Å²) < 4.78 is 13.1. The molecule has 1 saturated heterocycles. The summed E-state index contributed by atoms with van der Waals surface area (Å²) in [6.07, 6.45) is 6.83. The molecule has 1 aliphatic heterocycles. The number of carbonyl (C=O) groups excluding carboxylic acids is 1. The van der Waals surface area contributed by atoms with E-state index in [2.05, 4.69) is 9.97 Å². The molecule has 1 aromatic carbocycles. The van der Waals surface area contributed by atoms with Gasteiger partial charge in [-0.2, -0.15) is 0 Å². The lowest BCUT2D eigenvalue weighted by Gasteiger charge is -2.36. The number of H-pyrrole nitrogens is 1. The molecule has 0 aliphatic carbocycles. The van der Waals surface area contributed by atoms with Gasteiger partial charge < -0.3 is 9.88 Å². The molecule has 3 heterocycles. The molecule has 1 N–H and O–H groups in total. The molecule has 0 bridgehead atoms. The number of nitrogens with zero attached hydrogens (tertiary/aromatic N) is 2. The SMILES string of the molecule is O=C(c1ccc(=O)[nH]c1)N1CCCCC1c1ccc(Cc2ccc(F)cc2)nc1. The predicted octanol–water partition coefficient (Wildman–Crippen LogP) is 3.87. The summed E-state index contributed by atoms with van der Waals surface area (Å²) in [5.41, 5.74) is 3.16. The number of aromatic nitrogens is 2. The third kappa shape index (κ3) is 4.42. The molecule has 5 nitrogen and oxygen atoms in total. The zero-order valence-corrected chi connectivity index (χ0v) is 16.0. The largest absolute Gasteiger partial charge is 0.332 e. The number of piperidine rings is 1. The molecule has 1 aliphatic rings. The number of carbonyl (C=O) groups is 1. The maximum Gasteiger partial charge on any atom is 0.255 e. The maximum absolute atomic E-state index is 13.1. The van der Waals surface area contributed by atoms with Crippen molar-refractivity contribution in [2.75, 3.05) is 6.54 Å². The highest BCUT2D eigenvalue weighted by atomic mass is 19.1. The topological polar surface area (TPSA) is 66.1 Å². The van der Waals surface area contributed by atoms with Crippen molar-refractivity contribution in [1.82, 2.24) is 14.9 Å². The first-order valence-electron chi connectivity index (χ1n) is 9.79. The minimum atomic E-state index is -0.249. The fourth-order valence-electron chi connectivity index (χ4n) is 3.78. The Labute approximate surface area is 168 Å². The van der Waals surface area contributed by atoms with Gasteiger partial charge in [-0.3, -0.25) is 14.6 Å². The number of likely N-dealkylation sites (tertiary alicyclic amines) is 1. The minimum Gasteiger partial charge on any atom is -0.332 e. The Bertz CT molecular complexity index is 1020. The number of rotatable bonds is 4.